The highest BCUT2D eigenvalue weighted by Gasteiger charge is 2.24. The van der Waals surface area contributed by atoms with Crippen molar-refractivity contribution < 1.29 is 13.2 Å². The first kappa shape index (κ1) is 17.1. The smallest absolute Gasteiger partial charge is 0.195 e. The summed E-state index contributed by atoms with van der Waals surface area (Å²) in [6.45, 7) is 2.10. The third-order valence-corrected chi connectivity index (χ3v) is 5.74. The second-order valence-corrected chi connectivity index (χ2v) is 7.43. The van der Waals surface area contributed by atoms with Crippen molar-refractivity contribution in [2.75, 3.05) is 0 Å². The highest BCUT2D eigenvalue weighted by molar-refractivity contribution is 5.84. The molecule has 4 rings (SSSR count). The molecule has 0 nitrogen and oxygen atoms in total. The van der Waals surface area contributed by atoms with Crippen LogP contribution in [0.3, 0.4) is 0 Å². The van der Waals surface area contributed by atoms with E-state index >= 15 is 0 Å². The van der Waals surface area contributed by atoms with Gasteiger partial charge in [0.1, 0.15) is 0 Å². The topological polar surface area (TPSA) is 0 Å². The lowest BCUT2D eigenvalue weighted by molar-refractivity contribution is 0.396. The molecule has 1 aliphatic carbocycles. The van der Waals surface area contributed by atoms with Gasteiger partial charge in [-0.1, -0.05) is 48.0 Å². The molecule has 3 aromatic carbocycles. The maximum absolute atomic E-state index is 13.9. The zero-order valence-electron chi connectivity index (χ0n) is 14.7. The zero-order chi connectivity index (χ0) is 18.3. The fraction of sp³-hybridized carbons (Fsp3) is 0.304. The van der Waals surface area contributed by atoms with Crippen LogP contribution in [0.25, 0.3) is 10.8 Å². The molecule has 0 radical (unpaired) electrons. The lowest BCUT2D eigenvalue weighted by Crippen LogP contribution is -2.12. The SMILES string of the molecule is Cc1ccc(C2CCC(c3ccc4c(F)c(F)c(F)cc4c3)CC2)cc1. The summed E-state index contributed by atoms with van der Waals surface area (Å²) in [6.07, 6.45) is 4.32. The lowest BCUT2D eigenvalue weighted by atomic mass is 9.76. The van der Waals surface area contributed by atoms with E-state index in [1.165, 1.54) is 11.1 Å². The molecular formula is C23H21F3. The van der Waals surface area contributed by atoms with Gasteiger partial charge in [0.05, 0.1) is 0 Å². The van der Waals surface area contributed by atoms with Gasteiger partial charge < -0.3 is 0 Å². The molecule has 0 saturated heterocycles. The van der Waals surface area contributed by atoms with Crippen LogP contribution < -0.4 is 0 Å². The molecule has 1 fully saturated rings. The largest absolute Gasteiger partial charge is 0.204 e. The van der Waals surface area contributed by atoms with Gasteiger partial charge >= 0.3 is 0 Å². The van der Waals surface area contributed by atoms with Crippen molar-refractivity contribution >= 4 is 10.8 Å². The van der Waals surface area contributed by atoms with Crippen molar-refractivity contribution in [3.05, 3.63) is 82.7 Å². The van der Waals surface area contributed by atoms with Gasteiger partial charge in [-0.15, -0.1) is 0 Å². The third kappa shape index (κ3) is 3.11. The number of hydrogen-bond acceptors (Lipinski definition) is 0. The minimum absolute atomic E-state index is 0.140. The van der Waals surface area contributed by atoms with Gasteiger partial charge in [-0.2, -0.15) is 0 Å². The standard InChI is InChI=1S/C23H21F3/c1-14-2-4-15(5-3-14)16-6-8-17(9-7-16)18-10-11-20-19(12-18)13-21(24)23(26)22(20)25/h2-5,10-13,16-17H,6-9H2,1H3. The van der Waals surface area contributed by atoms with Gasteiger partial charge in [-0.05, 0) is 67.0 Å². The van der Waals surface area contributed by atoms with Crippen LogP contribution in [0.1, 0.15) is 54.2 Å². The number of rotatable bonds is 2. The molecule has 0 amide bonds. The van der Waals surface area contributed by atoms with Crippen molar-refractivity contribution in [2.45, 2.75) is 44.4 Å². The molecule has 26 heavy (non-hydrogen) atoms. The van der Waals surface area contributed by atoms with Crippen LogP contribution in [0, 0.1) is 24.4 Å². The first-order chi connectivity index (χ1) is 12.5. The van der Waals surface area contributed by atoms with Crippen LogP contribution in [0.4, 0.5) is 13.2 Å². The van der Waals surface area contributed by atoms with E-state index < -0.39 is 17.5 Å². The zero-order valence-corrected chi connectivity index (χ0v) is 14.7. The molecule has 0 aliphatic heterocycles. The van der Waals surface area contributed by atoms with Crippen LogP contribution >= 0.6 is 0 Å². The quantitative estimate of drug-likeness (QED) is 0.434. The third-order valence-electron chi connectivity index (χ3n) is 5.74. The van der Waals surface area contributed by atoms with Crippen LogP contribution in [0.5, 0.6) is 0 Å². The molecule has 134 valence electrons. The summed E-state index contributed by atoms with van der Waals surface area (Å²) >= 11 is 0. The molecular weight excluding hydrogens is 333 g/mol. The van der Waals surface area contributed by atoms with Crippen molar-refractivity contribution in [3.63, 3.8) is 0 Å². The van der Waals surface area contributed by atoms with E-state index in [0.717, 1.165) is 37.3 Å². The van der Waals surface area contributed by atoms with E-state index in [1.54, 1.807) is 6.07 Å². The fourth-order valence-electron chi connectivity index (χ4n) is 4.18. The van der Waals surface area contributed by atoms with E-state index in [2.05, 4.69) is 31.2 Å². The van der Waals surface area contributed by atoms with Gasteiger partial charge in [-0.3, -0.25) is 0 Å². The Hall–Kier alpha value is -2.29. The number of fused-ring (bicyclic) bond motifs is 1. The number of aryl methyl sites for hydroxylation is 1. The van der Waals surface area contributed by atoms with Crippen molar-refractivity contribution in [1.29, 1.82) is 0 Å². The van der Waals surface area contributed by atoms with Crippen LogP contribution in [-0.2, 0) is 0 Å². The maximum Gasteiger partial charge on any atom is 0.195 e. The fourth-order valence-corrected chi connectivity index (χ4v) is 4.18. The summed E-state index contributed by atoms with van der Waals surface area (Å²) in [5.41, 5.74) is 3.76. The van der Waals surface area contributed by atoms with Crippen LogP contribution in [0.15, 0.2) is 48.5 Å². The van der Waals surface area contributed by atoms with E-state index in [1.807, 2.05) is 12.1 Å². The molecule has 0 heterocycles. The Morgan fingerprint density at radius 1 is 0.692 bits per heavy atom. The number of halogens is 3. The summed E-state index contributed by atoms with van der Waals surface area (Å²) in [5.74, 6) is -2.66. The summed E-state index contributed by atoms with van der Waals surface area (Å²) in [6, 6.07) is 15.1. The van der Waals surface area contributed by atoms with E-state index in [0.29, 0.717) is 17.2 Å². The summed E-state index contributed by atoms with van der Waals surface area (Å²) in [7, 11) is 0. The highest BCUT2D eigenvalue weighted by atomic mass is 19.2. The first-order valence-electron chi connectivity index (χ1n) is 9.16. The Bertz CT molecular complexity index is 936. The monoisotopic (exact) mass is 354 g/mol. The second kappa shape index (κ2) is 6.79. The van der Waals surface area contributed by atoms with Crippen LogP contribution in [0.2, 0.25) is 0 Å². The predicted molar refractivity (Wildman–Crippen MR) is 99.0 cm³/mol. The Kier molecular flexibility index (Phi) is 4.47. The molecule has 3 heteroatoms. The van der Waals surface area contributed by atoms with Gasteiger partial charge in [0.25, 0.3) is 0 Å². The molecule has 0 bridgehead atoms. The second-order valence-electron chi connectivity index (χ2n) is 7.43. The average Bonchev–Trinajstić information content (AvgIpc) is 2.67. The van der Waals surface area contributed by atoms with Gasteiger partial charge in [0.15, 0.2) is 17.5 Å². The normalized spacial score (nSPS) is 20.5. The summed E-state index contributed by atoms with van der Waals surface area (Å²) < 4.78 is 40.8. The molecule has 0 N–H and O–H groups in total. The predicted octanol–water partition coefficient (Wildman–Crippen LogP) is 7.01. The Labute approximate surface area is 151 Å². The van der Waals surface area contributed by atoms with E-state index in [9.17, 15) is 13.2 Å². The summed E-state index contributed by atoms with van der Waals surface area (Å²) in [5, 5.41) is 0.570. The van der Waals surface area contributed by atoms with E-state index in [4.69, 9.17) is 0 Å². The van der Waals surface area contributed by atoms with Crippen molar-refractivity contribution in [2.24, 2.45) is 0 Å². The minimum atomic E-state index is -1.40. The highest BCUT2D eigenvalue weighted by Crippen LogP contribution is 2.41. The molecule has 0 atom stereocenters. The minimum Gasteiger partial charge on any atom is -0.204 e. The average molecular weight is 354 g/mol. The molecule has 0 unspecified atom stereocenters. The Morgan fingerprint density at radius 2 is 1.27 bits per heavy atom. The van der Waals surface area contributed by atoms with E-state index in [-0.39, 0.29) is 5.39 Å². The Balaban J connectivity index is 1.54. The number of hydrogen-bond donors (Lipinski definition) is 0. The molecule has 3 aromatic rings. The molecule has 1 aliphatic rings. The van der Waals surface area contributed by atoms with Gasteiger partial charge in [0, 0.05) is 5.39 Å². The van der Waals surface area contributed by atoms with Crippen molar-refractivity contribution in [3.8, 4) is 0 Å². The van der Waals surface area contributed by atoms with Gasteiger partial charge in [0.2, 0.25) is 0 Å². The first-order valence-corrected chi connectivity index (χ1v) is 9.16. The summed E-state index contributed by atoms with van der Waals surface area (Å²) in [4.78, 5) is 0. The number of benzene rings is 3. The Morgan fingerprint density at radius 3 is 1.92 bits per heavy atom. The molecule has 0 spiro atoms. The van der Waals surface area contributed by atoms with Gasteiger partial charge in [-0.25, -0.2) is 13.2 Å². The molecule has 1 saturated carbocycles. The maximum atomic E-state index is 13.9. The van der Waals surface area contributed by atoms with Crippen LogP contribution in [-0.4, -0.2) is 0 Å². The van der Waals surface area contributed by atoms with Crippen molar-refractivity contribution in [1.82, 2.24) is 0 Å². The molecule has 0 aromatic heterocycles. The lowest BCUT2D eigenvalue weighted by Gasteiger charge is -2.29.